The van der Waals surface area contributed by atoms with Gasteiger partial charge in [-0.3, -0.25) is 0 Å². The van der Waals surface area contributed by atoms with Gasteiger partial charge in [-0.2, -0.15) is 0 Å². The normalized spacial score (nSPS) is 10.5. The predicted octanol–water partition coefficient (Wildman–Crippen LogP) is 4.00. The van der Waals surface area contributed by atoms with Crippen molar-refractivity contribution in [1.82, 2.24) is 5.32 Å². The number of rotatable bonds is 7. The third-order valence-corrected chi connectivity index (χ3v) is 4.16. The van der Waals surface area contributed by atoms with E-state index in [0.29, 0.717) is 0 Å². The van der Waals surface area contributed by atoms with Crippen LogP contribution >= 0.6 is 11.6 Å². The molecule has 0 fully saturated rings. The number of hydrogen-bond acceptors (Lipinski definition) is 3. The molecule has 0 heterocycles. The second-order valence-corrected chi connectivity index (χ2v) is 5.54. The molecule has 4 heteroatoms. The molecule has 0 unspecified atom stereocenters. The van der Waals surface area contributed by atoms with Crippen molar-refractivity contribution >= 4 is 11.6 Å². The summed E-state index contributed by atoms with van der Waals surface area (Å²) >= 11 is 6.14. The van der Waals surface area contributed by atoms with Gasteiger partial charge in [0.25, 0.3) is 0 Å². The maximum absolute atomic E-state index is 6.14. The van der Waals surface area contributed by atoms with Crippen molar-refractivity contribution < 1.29 is 9.47 Å². The number of hydrogen-bond donors (Lipinski definition) is 1. The fraction of sp³-hybridized carbons (Fsp3) is 0.333. The topological polar surface area (TPSA) is 30.5 Å². The molecule has 2 rings (SSSR count). The zero-order chi connectivity index (χ0) is 15.9. The number of methoxy groups -OCH3 is 2. The quantitative estimate of drug-likeness (QED) is 0.783. The van der Waals surface area contributed by atoms with E-state index in [2.05, 4.69) is 11.4 Å². The van der Waals surface area contributed by atoms with E-state index in [4.69, 9.17) is 21.1 Å². The molecule has 2 aromatic carbocycles. The molecule has 0 aliphatic carbocycles. The summed E-state index contributed by atoms with van der Waals surface area (Å²) in [6.07, 6.45) is 0.875. The largest absolute Gasteiger partial charge is 0.497 e. The van der Waals surface area contributed by atoms with E-state index in [1.54, 1.807) is 14.2 Å². The summed E-state index contributed by atoms with van der Waals surface area (Å²) in [6.45, 7) is 3.71. The fourth-order valence-corrected chi connectivity index (χ4v) is 2.56. The second kappa shape index (κ2) is 8.06. The Bertz CT molecular complexity index is 628. The highest BCUT2D eigenvalue weighted by Gasteiger charge is 2.06. The van der Waals surface area contributed by atoms with Crippen LogP contribution in [-0.2, 0) is 13.0 Å². The average molecular weight is 320 g/mol. The van der Waals surface area contributed by atoms with Crippen molar-refractivity contribution in [3.63, 3.8) is 0 Å². The second-order valence-electron chi connectivity index (χ2n) is 5.13. The van der Waals surface area contributed by atoms with Crippen LogP contribution in [0.25, 0.3) is 0 Å². The van der Waals surface area contributed by atoms with Gasteiger partial charge in [-0.05, 0) is 60.8 Å². The summed E-state index contributed by atoms with van der Waals surface area (Å²) in [5, 5.41) is 4.27. The Morgan fingerprint density at radius 3 is 2.59 bits per heavy atom. The molecule has 1 N–H and O–H groups in total. The third-order valence-electron chi connectivity index (χ3n) is 3.75. The average Bonchev–Trinajstić information content (AvgIpc) is 2.55. The highest BCUT2D eigenvalue weighted by Crippen LogP contribution is 2.24. The van der Waals surface area contributed by atoms with Crippen LogP contribution in [-0.4, -0.2) is 20.8 Å². The molecule has 0 saturated heterocycles. The Kier molecular flexibility index (Phi) is 6.10. The molecule has 0 aliphatic heterocycles. The molecule has 0 atom stereocenters. The first-order chi connectivity index (χ1) is 10.7. The Morgan fingerprint density at radius 1 is 1.05 bits per heavy atom. The van der Waals surface area contributed by atoms with Gasteiger partial charge in [-0.15, -0.1) is 0 Å². The number of nitrogens with one attached hydrogen (secondary N) is 1. The zero-order valence-electron chi connectivity index (χ0n) is 13.3. The minimum Gasteiger partial charge on any atom is -0.497 e. The van der Waals surface area contributed by atoms with Crippen LogP contribution in [0.4, 0.5) is 0 Å². The Hall–Kier alpha value is -1.71. The van der Waals surface area contributed by atoms with Crippen molar-refractivity contribution in [2.45, 2.75) is 19.9 Å². The van der Waals surface area contributed by atoms with Crippen LogP contribution in [0.2, 0.25) is 5.02 Å². The van der Waals surface area contributed by atoms with E-state index in [1.165, 1.54) is 5.56 Å². The van der Waals surface area contributed by atoms with Crippen molar-refractivity contribution in [3.05, 3.63) is 58.1 Å². The van der Waals surface area contributed by atoms with Gasteiger partial charge in [0.05, 0.1) is 14.2 Å². The molecule has 118 valence electrons. The van der Waals surface area contributed by atoms with Crippen molar-refractivity contribution in [1.29, 1.82) is 0 Å². The SMILES string of the molecule is COc1ccc(OC)c(CCNCc2cccc(Cl)c2C)c1. The molecule has 0 spiro atoms. The lowest BCUT2D eigenvalue weighted by Gasteiger charge is -2.12. The summed E-state index contributed by atoms with van der Waals surface area (Å²) in [5.41, 5.74) is 3.50. The minimum atomic E-state index is 0.804. The van der Waals surface area contributed by atoms with E-state index < -0.39 is 0 Å². The summed E-state index contributed by atoms with van der Waals surface area (Å²) in [7, 11) is 3.36. The Morgan fingerprint density at radius 2 is 1.86 bits per heavy atom. The Balaban J connectivity index is 1.92. The van der Waals surface area contributed by atoms with Gasteiger partial charge in [0.15, 0.2) is 0 Å². The highest BCUT2D eigenvalue weighted by atomic mass is 35.5. The predicted molar refractivity (Wildman–Crippen MR) is 91.1 cm³/mol. The molecule has 0 amide bonds. The molecule has 0 bridgehead atoms. The van der Waals surface area contributed by atoms with E-state index >= 15 is 0 Å². The van der Waals surface area contributed by atoms with E-state index in [0.717, 1.165) is 47.2 Å². The molecule has 0 saturated carbocycles. The van der Waals surface area contributed by atoms with Gasteiger partial charge in [-0.1, -0.05) is 23.7 Å². The first-order valence-corrected chi connectivity index (χ1v) is 7.69. The molecule has 22 heavy (non-hydrogen) atoms. The third kappa shape index (κ3) is 4.15. The molecule has 3 nitrogen and oxygen atoms in total. The highest BCUT2D eigenvalue weighted by molar-refractivity contribution is 6.31. The number of halogens is 1. The first-order valence-electron chi connectivity index (χ1n) is 7.31. The first kappa shape index (κ1) is 16.7. The zero-order valence-corrected chi connectivity index (χ0v) is 14.0. The standard InChI is InChI=1S/C18H22ClNO2/c1-13-15(5-4-6-17(13)19)12-20-10-9-14-11-16(21-2)7-8-18(14)22-3/h4-8,11,20H,9-10,12H2,1-3H3. The molecular formula is C18H22ClNO2. The van der Waals surface area contributed by atoms with Gasteiger partial charge in [-0.25, -0.2) is 0 Å². The lowest BCUT2D eigenvalue weighted by molar-refractivity contribution is 0.398. The monoisotopic (exact) mass is 319 g/mol. The van der Waals surface area contributed by atoms with Crippen molar-refractivity contribution in [3.8, 4) is 11.5 Å². The summed E-state index contributed by atoms with van der Waals surface area (Å²) in [4.78, 5) is 0. The lowest BCUT2D eigenvalue weighted by Crippen LogP contribution is -2.17. The maximum Gasteiger partial charge on any atom is 0.122 e. The summed E-state index contributed by atoms with van der Waals surface area (Å²) < 4.78 is 10.7. The number of benzene rings is 2. The summed E-state index contributed by atoms with van der Waals surface area (Å²) in [5.74, 6) is 1.74. The van der Waals surface area contributed by atoms with E-state index in [1.807, 2.05) is 37.3 Å². The Labute approximate surface area is 137 Å². The van der Waals surface area contributed by atoms with Crippen LogP contribution in [0.5, 0.6) is 11.5 Å². The van der Waals surface area contributed by atoms with Gasteiger partial charge >= 0.3 is 0 Å². The molecule has 0 radical (unpaired) electrons. The fourth-order valence-electron chi connectivity index (χ4n) is 2.37. The van der Waals surface area contributed by atoms with Crippen LogP contribution in [0.1, 0.15) is 16.7 Å². The van der Waals surface area contributed by atoms with Crippen LogP contribution in [0, 0.1) is 6.92 Å². The van der Waals surface area contributed by atoms with Crippen LogP contribution in [0.3, 0.4) is 0 Å². The smallest absolute Gasteiger partial charge is 0.122 e. The van der Waals surface area contributed by atoms with Gasteiger partial charge in [0, 0.05) is 11.6 Å². The number of ether oxygens (including phenoxy) is 2. The molecular weight excluding hydrogens is 298 g/mol. The summed E-state index contributed by atoms with van der Waals surface area (Å²) in [6, 6.07) is 11.9. The van der Waals surface area contributed by atoms with Gasteiger partial charge < -0.3 is 14.8 Å². The van der Waals surface area contributed by atoms with Crippen LogP contribution < -0.4 is 14.8 Å². The van der Waals surface area contributed by atoms with E-state index in [-0.39, 0.29) is 0 Å². The van der Waals surface area contributed by atoms with Gasteiger partial charge in [0.1, 0.15) is 11.5 Å². The van der Waals surface area contributed by atoms with Crippen molar-refractivity contribution in [2.75, 3.05) is 20.8 Å². The van der Waals surface area contributed by atoms with E-state index in [9.17, 15) is 0 Å². The molecule has 0 aromatic heterocycles. The molecule has 2 aromatic rings. The van der Waals surface area contributed by atoms with Crippen molar-refractivity contribution in [2.24, 2.45) is 0 Å². The van der Waals surface area contributed by atoms with Crippen LogP contribution in [0.15, 0.2) is 36.4 Å². The maximum atomic E-state index is 6.14. The molecule has 0 aliphatic rings. The minimum absolute atomic E-state index is 0.804. The van der Waals surface area contributed by atoms with Gasteiger partial charge in [0.2, 0.25) is 0 Å². The lowest BCUT2D eigenvalue weighted by atomic mass is 10.1.